The minimum atomic E-state index is 0.450. The molecule has 0 saturated carbocycles. The van der Waals surface area contributed by atoms with E-state index in [0.717, 1.165) is 83.5 Å². The number of hydrogen-bond donors (Lipinski definition) is 0. The lowest BCUT2D eigenvalue weighted by molar-refractivity contribution is 1.13. The fourth-order valence-corrected chi connectivity index (χ4v) is 8.47. The molecule has 0 bridgehead atoms. The largest absolute Gasteiger partial charge is 0.308 e. The molecular weight excluding hydrogens is 769 g/mol. The highest BCUT2D eigenvalue weighted by atomic mass is 15.0. The summed E-state index contributed by atoms with van der Waals surface area (Å²) in [5, 5.41) is 13.1. The van der Waals surface area contributed by atoms with Crippen LogP contribution in [0.4, 0.5) is 0 Å². The molecule has 0 aliphatic rings. The van der Waals surface area contributed by atoms with Crippen LogP contribution in [-0.4, -0.2) is 24.5 Å². The van der Waals surface area contributed by atoms with Crippen molar-refractivity contribution in [2.75, 3.05) is 0 Å². The predicted molar refractivity (Wildman–Crippen MR) is 255 cm³/mol. The van der Waals surface area contributed by atoms with Gasteiger partial charge in [-0.1, -0.05) is 182 Å². The number of nitriles is 1. The molecule has 0 fully saturated rings. The molecule has 6 heteroatoms. The van der Waals surface area contributed by atoms with Gasteiger partial charge in [-0.2, -0.15) is 5.26 Å². The van der Waals surface area contributed by atoms with E-state index in [-0.39, 0.29) is 0 Å². The first kappa shape index (κ1) is 37.2. The maximum Gasteiger partial charge on any atom is 0.162 e. The zero-order chi connectivity index (χ0) is 42.1. The Bertz CT molecular complexity index is 3220. The monoisotopic (exact) mass is 804 g/mol. The standard InChI is InChI=1S/C57H36N6/c58-37-38-32-47(52-36-51(42-24-12-4-13-25-42)59-56(62-52)43-26-14-5-15-27-43)55(63-53-29-17-16-28-45(53)46-31-30-44(34-54(46)63)39-18-6-1-7-19-39)48(33-38)57-60-49(40-20-8-2-9-21-40)35-50(61-57)41-22-10-3-11-23-41/h1-36H. The van der Waals surface area contributed by atoms with Gasteiger partial charge in [0.15, 0.2) is 11.6 Å². The van der Waals surface area contributed by atoms with Gasteiger partial charge in [0.2, 0.25) is 0 Å². The number of fused-ring (bicyclic) bond motifs is 3. The minimum Gasteiger partial charge on any atom is -0.308 e. The van der Waals surface area contributed by atoms with E-state index in [2.05, 4.69) is 114 Å². The number of benzene rings is 8. The van der Waals surface area contributed by atoms with E-state index < -0.39 is 0 Å². The molecule has 0 aliphatic heterocycles. The van der Waals surface area contributed by atoms with Crippen molar-refractivity contribution in [2.45, 2.75) is 0 Å². The summed E-state index contributed by atoms with van der Waals surface area (Å²) in [5.41, 5.74) is 13.5. The fraction of sp³-hybridized carbons (Fsp3) is 0. The van der Waals surface area contributed by atoms with Crippen molar-refractivity contribution < 1.29 is 0 Å². The lowest BCUT2D eigenvalue weighted by atomic mass is 9.97. The second-order valence-corrected chi connectivity index (χ2v) is 15.4. The molecule has 8 aromatic carbocycles. The molecule has 0 N–H and O–H groups in total. The Hall–Kier alpha value is -8.79. The molecule has 294 valence electrons. The highest BCUT2D eigenvalue weighted by molar-refractivity contribution is 6.11. The van der Waals surface area contributed by atoms with Gasteiger partial charge >= 0.3 is 0 Å². The minimum absolute atomic E-state index is 0.450. The summed E-state index contributed by atoms with van der Waals surface area (Å²) in [6, 6.07) is 76.6. The normalized spacial score (nSPS) is 11.2. The van der Waals surface area contributed by atoms with E-state index >= 15 is 0 Å². The zero-order valence-corrected chi connectivity index (χ0v) is 34.0. The summed E-state index contributed by atoms with van der Waals surface area (Å²) in [4.78, 5) is 21.2. The van der Waals surface area contributed by atoms with Crippen molar-refractivity contribution in [3.63, 3.8) is 0 Å². The topological polar surface area (TPSA) is 80.3 Å². The third-order valence-electron chi connectivity index (χ3n) is 11.5. The van der Waals surface area contributed by atoms with Gasteiger partial charge in [-0.15, -0.1) is 0 Å². The Morgan fingerprint density at radius 2 is 0.778 bits per heavy atom. The Morgan fingerprint density at radius 3 is 1.35 bits per heavy atom. The van der Waals surface area contributed by atoms with Gasteiger partial charge in [-0.3, -0.25) is 0 Å². The van der Waals surface area contributed by atoms with E-state index in [1.54, 1.807) is 0 Å². The van der Waals surface area contributed by atoms with Gasteiger partial charge in [0.25, 0.3) is 0 Å². The first-order valence-corrected chi connectivity index (χ1v) is 20.9. The van der Waals surface area contributed by atoms with Crippen molar-refractivity contribution in [1.29, 1.82) is 5.26 Å². The Labute approximate surface area is 364 Å². The molecular formula is C57H36N6. The third-order valence-corrected chi connectivity index (χ3v) is 11.5. The maximum absolute atomic E-state index is 10.9. The Morgan fingerprint density at radius 1 is 0.333 bits per heavy atom. The first-order chi connectivity index (χ1) is 31.2. The molecule has 0 saturated heterocycles. The van der Waals surface area contributed by atoms with E-state index in [1.807, 2.05) is 115 Å². The zero-order valence-electron chi connectivity index (χ0n) is 34.0. The fourth-order valence-electron chi connectivity index (χ4n) is 8.47. The molecule has 6 nitrogen and oxygen atoms in total. The molecule has 0 amide bonds. The van der Waals surface area contributed by atoms with Crippen LogP contribution in [0.5, 0.6) is 0 Å². The van der Waals surface area contributed by atoms with Gasteiger partial charge in [0, 0.05) is 44.2 Å². The molecule has 0 radical (unpaired) electrons. The molecule has 3 aromatic heterocycles. The smallest absolute Gasteiger partial charge is 0.162 e. The average molecular weight is 805 g/mol. The Balaban J connectivity index is 1.30. The molecule has 0 aliphatic carbocycles. The quantitative estimate of drug-likeness (QED) is 0.153. The van der Waals surface area contributed by atoms with Gasteiger partial charge in [-0.25, -0.2) is 19.9 Å². The summed E-state index contributed by atoms with van der Waals surface area (Å²) in [6.07, 6.45) is 0. The summed E-state index contributed by atoms with van der Waals surface area (Å²) in [6.45, 7) is 0. The van der Waals surface area contributed by atoms with Crippen LogP contribution in [0.3, 0.4) is 0 Å². The van der Waals surface area contributed by atoms with Crippen LogP contribution in [0, 0.1) is 11.3 Å². The molecule has 0 unspecified atom stereocenters. The summed E-state index contributed by atoms with van der Waals surface area (Å²) >= 11 is 0. The summed E-state index contributed by atoms with van der Waals surface area (Å²) < 4.78 is 2.32. The van der Waals surface area contributed by atoms with Crippen molar-refractivity contribution in [2.24, 2.45) is 0 Å². The number of nitrogens with zero attached hydrogens (tertiary/aromatic N) is 6. The highest BCUT2D eigenvalue weighted by Gasteiger charge is 2.25. The maximum atomic E-state index is 10.9. The lowest BCUT2D eigenvalue weighted by Crippen LogP contribution is -2.06. The van der Waals surface area contributed by atoms with Gasteiger partial charge in [0.1, 0.15) is 0 Å². The van der Waals surface area contributed by atoms with Crippen molar-refractivity contribution in [1.82, 2.24) is 24.5 Å². The van der Waals surface area contributed by atoms with Gasteiger partial charge in [-0.05, 0) is 47.5 Å². The molecule has 11 aromatic rings. The predicted octanol–water partition coefficient (Wildman–Crippen LogP) is 13.9. The molecule has 63 heavy (non-hydrogen) atoms. The summed E-state index contributed by atoms with van der Waals surface area (Å²) in [5.74, 6) is 1.05. The molecule has 0 spiro atoms. The molecule has 3 heterocycles. The van der Waals surface area contributed by atoms with Crippen LogP contribution in [0.1, 0.15) is 5.56 Å². The van der Waals surface area contributed by atoms with Gasteiger partial charge < -0.3 is 4.57 Å². The van der Waals surface area contributed by atoms with E-state index in [0.29, 0.717) is 28.5 Å². The lowest BCUT2D eigenvalue weighted by Gasteiger charge is -2.20. The summed E-state index contributed by atoms with van der Waals surface area (Å²) in [7, 11) is 0. The number of rotatable bonds is 8. The number of para-hydroxylation sites is 1. The van der Waals surface area contributed by atoms with Crippen LogP contribution < -0.4 is 0 Å². The first-order valence-electron chi connectivity index (χ1n) is 20.9. The van der Waals surface area contributed by atoms with Crippen LogP contribution in [0.2, 0.25) is 0 Å². The highest BCUT2D eigenvalue weighted by Crippen LogP contribution is 2.43. The van der Waals surface area contributed by atoms with Crippen molar-refractivity contribution in [3.8, 4) is 90.7 Å². The van der Waals surface area contributed by atoms with Crippen LogP contribution in [0.15, 0.2) is 218 Å². The van der Waals surface area contributed by atoms with E-state index in [9.17, 15) is 5.26 Å². The third kappa shape index (κ3) is 7.00. The Kier molecular flexibility index (Phi) is 9.45. The number of aromatic nitrogens is 5. The van der Waals surface area contributed by atoms with Gasteiger partial charge in [0.05, 0.1) is 51.1 Å². The van der Waals surface area contributed by atoms with Crippen LogP contribution in [0.25, 0.3) is 106 Å². The average Bonchev–Trinajstić information content (AvgIpc) is 3.70. The molecule has 11 rings (SSSR count). The van der Waals surface area contributed by atoms with E-state index in [4.69, 9.17) is 19.9 Å². The van der Waals surface area contributed by atoms with Crippen molar-refractivity contribution >= 4 is 21.8 Å². The van der Waals surface area contributed by atoms with Crippen LogP contribution in [-0.2, 0) is 0 Å². The second-order valence-electron chi connectivity index (χ2n) is 15.4. The molecule has 0 atom stereocenters. The number of hydrogen-bond acceptors (Lipinski definition) is 5. The SMILES string of the molecule is N#Cc1cc(-c2cc(-c3ccccc3)nc(-c3ccccc3)n2)c(-n2c3ccccc3c3ccc(-c4ccccc4)cc32)c(-c2nc(-c3ccccc3)cc(-c3ccccc3)n2)c1. The second kappa shape index (κ2) is 16.0. The van der Waals surface area contributed by atoms with Crippen LogP contribution >= 0.6 is 0 Å². The van der Waals surface area contributed by atoms with E-state index in [1.165, 1.54) is 0 Å². The van der Waals surface area contributed by atoms with Crippen molar-refractivity contribution in [3.05, 3.63) is 224 Å².